The van der Waals surface area contributed by atoms with Crippen LogP contribution in [0.25, 0.3) is 16.6 Å². The van der Waals surface area contributed by atoms with Gasteiger partial charge < -0.3 is 20.1 Å². The van der Waals surface area contributed by atoms with Crippen LogP contribution in [0.3, 0.4) is 0 Å². The Labute approximate surface area is 225 Å². The van der Waals surface area contributed by atoms with Crippen LogP contribution in [0.4, 0.5) is 11.4 Å². The third-order valence-electron chi connectivity index (χ3n) is 7.90. The predicted octanol–water partition coefficient (Wildman–Crippen LogP) is 5.61. The van der Waals surface area contributed by atoms with E-state index in [9.17, 15) is 0 Å². The van der Waals surface area contributed by atoms with Crippen LogP contribution in [-0.2, 0) is 13.0 Å². The van der Waals surface area contributed by atoms with Gasteiger partial charge in [-0.05, 0) is 72.7 Å². The summed E-state index contributed by atoms with van der Waals surface area (Å²) in [5, 5.41) is 1.21. The maximum atomic E-state index is 6.29. The largest absolute Gasteiger partial charge is 0.373 e. The quantitative estimate of drug-likeness (QED) is 0.347. The number of hydrogen-bond donors (Lipinski definition) is 1. The lowest BCUT2D eigenvalue weighted by Gasteiger charge is -2.35. The number of aromatic nitrogens is 2. The van der Waals surface area contributed by atoms with Gasteiger partial charge in [0.25, 0.3) is 0 Å². The van der Waals surface area contributed by atoms with Gasteiger partial charge in [-0.2, -0.15) is 0 Å². The van der Waals surface area contributed by atoms with E-state index in [4.69, 9.17) is 10.7 Å². The van der Waals surface area contributed by atoms with Crippen LogP contribution >= 0.6 is 0 Å². The summed E-state index contributed by atoms with van der Waals surface area (Å²) in [6.45, 7) is 8.15. The minimum Gasteiger partial charge on any atom is -0.373 e. The SMILES string of the molecule is C=C(c1cc2c(c(/N=C/c3cc4ccccc4n3Cc3cccnc3)c1)N(C)CCC2)N1CCCC(N)C1. The number of nitrogens with two attached hydrogens (primary N) is 1. The standard InChI is InChI=1S/C32H36N6/c1-23(37-15-7-11-28(33)22-37)27-16-26-10-6-14-36(2)32(26)30(18-27)35-20-29-17-25-9-3-4-12-31(25)38(29)21-24-8-5-13-34-19-24/h3-5,8-9,12-13,16-20,28H,1,6-7,10-11,14-15,21-22,33H2,2H3/b35-20+. The number of rotatable bonds is 6. The first-order valence-electron chi connectivity index (χ1n) is 13.7. The molecule has 6 heteroatoms. The molecule has 4 heterocycles. The van der Waals surface area contributed by atoms with Crippen molar-refractivity contribution in [1.29, 1.82) is 0 Å². The number of aryl methyl sites for hydroxylation is 1. The van der Waals surface area contributed by atoms with Gasteiger partial charge in [0.05, 0.1) is 23.3 Å². The van der Waals surface area contributed by atoms with Crippen LogP contribution < -0.4 is 10.6 Å². The second kappa shape index (κ2) is 10.5. The number of nitrogens with zero attached hydrogens (tertiary/aromatic N) is 5. The van der Waals surface area contributed by atoms with Gasteiger partial charge in [0, 0.05) is 68.3 Å². The summed E-state index contributed by atoms with van der Waals surface area (Å²) in [5.74, 6) is 0. The molecule has 1 fully saturated rings. The second-order valence-corrected chi connectivity index (χ2v) is 10.7. The summed E-state index contributed by atoms with van der Waals surface area (Å²) in [7, 11) is 2.18. The number of pyridine rings is 1. The normalized spacial score (nSPS) is 17.8. The van der Waals surface area contributed by atoms with Crippen LogP contribution in [0.15, 0.2) is 78.6 Å². The number of anilines is 1. The van der Waals surface area contributed by atoms with Gasteiger partial charge in [-0.3, -0.25) is 9.98 Å². The molecule has 194 valence electrons. The van der Waals surface area contributed by atoms with Crippen molar-refractivity contribution in [3.05, 3.63) is 96.0 Å². The molecule has 2 aromatic heterocycles. The maximum Gasteiger partial charge on any atom is 0.0873 e. The molecule has 0 saturated carbocycles. The second-order valence-electron chi connectivity index (χ2n) is 10.7. The van der Waals surface area contributed by atoms with Crippen molar-refractivity contribution >= 4 is 34.2 Å². The Hall–Kier alpha value is -3.90. The average Bonchev–Trinajstić information content (AvgIpc) is 3.29. The molecular formula is C32H36N6. The molecule has 1 unspecified atom stereocenters. The van der Waals surface area contributed by atoms with E-state index in [0.29, 0.717) is 0 Å². The molecule has 38 heavy (non-hydrogen) atoms. The van der Waals surface area contributed by atoms with E-state index >= 15 is 0 Å². The number of piperidine rings is 1. The minimum atomic E-state index is 0.212. The lowest BCUT2D eigenvalue weighted by Crippen LogP contribution is -2.41. The average molecular weight is 505 g/mol. The highest BCUT2D eigenvalue weighted by Crippen LogP contribution is 2.39. The number of hydrogen-bond acceptors (Lipinski definition) is 5. The Morgan fingerprint density at radius 1 is 1.13 bits per heavy atom. The fraction of sp³-hybridized carbons (Fsp3) is 0.312. The molecule has 1 atom stereocenters. The molecule has 4 aromatic rings. The highest BCUT2D eigenvalue weighted by Gasteiger charge is 2.23. The van der Waals surface area contributed by atoms with Gasteiger partial charge in [0.1, 0.15) is 0 Å². The Morgan fingerprint density at radius 3 is 2.87 bits per heavy atom. The van der Waals surface area contributed by atoms with Crippen molar-refractivity contribution in [2.45, 2.75) is 38.3 Å². The number of para-hydroxylation sites is 1. The highest BCUT2D eigenvalue weighted by molar-refractivity contribution is 5.93. The van der Waals surface area contributed by atoms with Gasteiger partial charge in [-0.25, -0.2) is 0 Å². The summed E-state index contributed by atoms with van der Waals surface area (Å²) in [6, 6.07) is 19.6. The summed E-state index contributed by atoms with van der Waals surface area (Å²) < 4.78 is 2.32. The zero-order valence-electron chi connectivity index (χ0n) is 22.2. The van der Waals surface area contributed by atoms with Crippen LogP contribution in [0.2, 0.25) is 0 Å². The molecule has 6 rings (SSSR count). The van der Waals surface area contributed by atoms with Gasteiger partial charge in [0.15, 0.2) is 0 Å². The van der Waals surface area contributed by atoms with Crippen molar-refractivity contribution < 1.29 is 0 Å². The zero-order valence-corrected chi connectivity index (χ0v) is 22.2. The number of likely N-dealkylation sites (tertiary alicyclic amines) is 1. The highest BCUT2D eigenvalue weighted by atomic mass is 15.2. The molecule has 0 bridgehead atoms. The summed E-state index contributed by atoms with van der Waals surface area (Å²) in [6.07, 6.45) is 10.2. The number of fused-ring (bicyclic) bond motifs is 2. The topological polar surface area (TPSA) is 62.7 Å². The first-order chi connectivity index (χ1) is 18.6. The maximum absolute atomic E-state index is 6.29. The summed E-state index contributed by atoms with van der Waals surface area (Å²) >= 11 is 0. The first kappa shape index (κ1) is 24.4. The Bertz CT molecular complexity index is 1480. The van der Waals surface area contributed by atoms with Gasteiger partial charge >= 0.3 is 0 Å². The lowest BCUT2D eigenvalue weighted by molar-refractivity contribution is 0.296. The van der Waals surface area contributed by atoms with E-state index in [-0.39, 0.29) is 6.04 Å². The number of aliphatic imine (C=N–C) groups is 1. The molecule has 0 amide bonds. The first-order valence-corrected chi connectivity index (χ1v) is 13.7. The molecule has 0 spiro atoms. The van der Waals surface area contributed by atoms with Crippen LogP contribution in [0.5, 0.6) is 0 Å². The summed E-state index contributed by atoms with van der Waals surface area (Å²) in [4.78, 5) is 14.2. The predicted molar refractivity (Wildman–Crippen MR) is 158 cm³/mol. The van der Waals surface area contributed by atoms with Crippen molar-refractivity contribution in [2.75, 3.05) is 31.6 Å². The van der Waals surface area contributed by atoms with E-state index in [2.05, 4.69) is 81.5 Å². The fourth-order valence-corrected chi connectivity index (χ4v) is 5.96. The molecule has 6 nitrogen and oxygen atoms in total. The third-order valence-corrected chi connectivity index (χ3v) is 7.90. The molecule has 1 saturated heterocycles. The summed E-state index contributed by atoms with van der Waals surface area (Å²) in [5.41, 5.74) is 15.5. The van der Waals surface area contributed by atoms with E-state index in [1.54, 1.807) is 0 Å². The zero-order chi connectivity index (χ0) is 26.1. The molecule has 2 aliphatic rings. The molecule has 2 aliphatic heterocycles. The van der Waals surface area contributed by atoms with Gasteiger partial charge in [-0.1, -0.05) is 30.8 Å². The van der Waals surface area contributed by atoms with Crippen molar-refractivity contribution in [3.63, 3.8) is 0 Å². The molecule has 0 radical (unpaired) electrons. The molecular weight excluding hydrogens is 468 g/mol. The molecule has 0 aliphatic carbocycles. The van der Waals surface area contributed by atoms with Crippen molar-refractivity contribution in [2.24, 2.45) is 10.7 Å². The van der Waals surface area contributed by atoms with Gasteiger partial charge in [-0.15, -0.1) is 0 Å². The van der Waals surface area contributed by atoms with E-state index < -0.39 is 0 Å². The Morgan fingerprint density at radius 2 is 2.03 bits per heavy atom. The van der Waals surface area contributed by atoms with E-state index in [1.807, 2.05) is 24.7 Å². The lowest BCUT2D eigenvalue weighted by atomic mass is 9.96. The third kappa shape index (κ3) is 4.84. The van der Waals surface area contributed by atoms with Crippen molar-refractivity contribution in [3.8, 4) is 0 Å². The van der Waals surface area contributed by atoms with E-state index in [1.165, 1.54) is 27.7 Å². The molecule has 2 N–H and O–H groups in total. The number of benzene rings is 2. The van der Waals surface area contributed by atoms with Crippen LogP contribution in [-0.4, -0.2) is 53.4 Å². The molecule has 2 aromatic carbocycles. The minimum absolute atomic E-state index is 0.212. The Kier molecular flexibility index (Phi) is 6.73. The smallest absolute Gasteiger partial charge is 0.0873 e. The van der Waals surface area contributed by atoms with Crippen LogP contribution in [0.1, 0.15) is 41.6 Å². The van der Waals surface area contributed by atoms with E-state index in [0.717, 1.165) is 74.5 Å². The fourth-order valence-electron chi connectivity index (χ4n) is 5.96. The monoisotopic (exact) mass is 504 g/mol. The van der Waals surface area contributed by atoms with Gasteiger partial charge in [0.2, 0.25) is 0 Å². The van der Waals surface area contributed by atoms with Crippen molar-refractivity contribution in [1.82, 2.24) is 14.5 Å². The van der Waals surface area contributed by atoms with Crippen LogP contribution in [0, 0.1) is 0 Å². The Balaban J connectivity index is 1.40.